The van der Waals surface area contributed by atoms with E-state index in [0.717, 1.165) is 6.54 Å². The Morgan fingerprint density at radius 1 is 1.39 bits per heavy atom. The second kappa shape index (κ2) is 4.72. The average Bonchev–Trinajstić information content (AvgIpc) is 2.98. The highest BCUT2D eigenvalue weighted by atomic mass is 16.5. The predicted octanol–water partition coefficient (Wildman–Crippen LogP) is 1.41. The zero-order valence-electron chi connectivity index (χ0n) is 10.3. The number of nitrogens with one attached hydrogen (secondary N) is 2. The molecule has 0 amide bonds. The van der Waals surface area contributed by atoms with Gasteiger partial charge in [-0.1, -0.05) is 18.2 Å². The third-order valence-electron chi connectivity index (χ3n) is 3.53. The number of H-pyrrole nitrogens is 1. The van der Waals surface area contributed by atoms with E-state index in [1.54, 1.807) is 0 Å². The summed E-state index contributed by atoms with van der Waals surface area (Å²) in [7, 11) is 0. The van der Waals surface area contributed by atoms with Crippen LogP contribution in [0.1, 0.15) is 12.0 Å². The summed E-state index contributed by atoms with van der Waals surface area (Å²) >= 11 is 0. The van der Waals surface area contributed by atoms with Gasteiger partial charge in [-0.2, -0.15) is 0 Å². The topological polar surface area (TPSA) is 57.3 Å². The van der Waals surface area contributed by atoms with Crippen molar-refractivity contribution in [3.8, 4) is 0 Å². The van der Waals surface area contributed by atoms with Crippen LogP contribution in [0, 0.1) is 0 Å². The molecule has 1 saturated heterocycles. The fraction of sp³-hybridized carbons (Fsp3) is 0.429. The first-order valence-electron chi connectivity index (χ1n) is 6.33. The first-order chi connectivity index (χ1) is 8.77. The molecular formula is C14H18N2O2. The number of para-hydroxylation sites is 1. The van der Waals surface area contributed by atoms with Gasteiger partial charge in [-0.15, -0.1) is 0 Å². The van der Waals surface area contributed by atoms with Gasteiger partial charge in [0.2, 0.25) is 0 Å². The van der Waals surface area contributed by atoms with Gasteiger partial charge in [0.1, 0.15) is 5.60 Å². The van der Waals surface area contributed by atoms with Crippen molar-refractivity contribution in [3.63, 3.8) is 0 Å². The summed E-state index contributed by atoms with van der Waals surface area (Å²) in [6, 6.07) is 8.31. The molecule has 4 nitrogen and oxygen atoms in total. The molecule has 1 unspecified atom stereocenters. The second-order valence-electron chi connectivity index (χ2n) is 4.99. The minimum absolute atomic E-state index is 0.437. The fourth-order valence-electron chi connectivity index (χ4n) is 2.46. The minimum atomic E-state index is -0.691. The van der Waals surface area contributed by atoms with Gasteiger partial charge in [-0.3, -0.25) is 0 Å². The van der Waals surface area contributed by atoms with E-state index < -0.39 is 5.60 Å². The van der Waals surface area contributed by atoms with Crippen molar-refractivity contribution in [1.82, 2.24) is 10.3 Å². The maximum Gasteiger partial charge on any atom is 0.102 e. The summed E-state index contributed by atoms with van der Waals surface area (Å²) in [5.41, 5.74) is 1.70. The Morgan fingerprint density at radius 3 is 3.17 bits per heavy atom. The largest absolute Gasteiger partial charge is 0.386 e. The van der Waals surface area contributed by atoms with Crippen molar-refractivity contribution < 1.29 is 9.84 Å². The van der Waals surface area contributed by atoms with Crippen LogP contribution < -0.4 is 5.32 Å². The standard InChI is InChI=1S/C14H18N2O2/c17-14(5-7-18-10-14)9-15-8-12-3-1-2-11-4-6-16-13(11)12/h1-4,6,15-17H,5,7-10H2. The maximum atomic E-state index is 10.1. The molecule has 1 atom stereocenters. The molecule has 1 aromatic carbocycles. The number of benzene rings is 1. The van der Waals surface area contributed by atoms with E-state index in [0.29, 0.717) is 26.2 Å². The number of ether oxygens (including phenoxy) is 1. The molecule has 1 aliphatic heterocycles. The van der Waals surface area contributed by atoms with Gasteiger partial charge in [0.25, 0.3) is 0 Å². The number of fused-ring (bicyclic) bond motifs is 1. The third kappa shape index (κ3) is 2.27. The normalized spacial score (nSPS) is 23.8. The van der Waals surface area contributed by atoms with Crippen molar-refractivity contribution >= 4 is 10.9 Å². The van der Waals surface area contributed by atoms with Crippen LogP contribution in [-0.2, 0) is 11.3 Å². The first-order valence-corrected chi connectivity index (χ1v) is 6.33. The number of aromatic nitrogens is 1. The van der Waals surface area contributed by atoms with Crippen LogP contribution in [0.4, 0.5) is 0 Å². The van der Waals surface area contributed by atoms with E-state index in [2.05, 4.69) is 34.6 Å². The summed E-state index contributed by atoms with van der Waals surface area (Å²) in [5, 5.41) is 14.7. The summed E-state index contributed by atoms with van der Waals surface area (Å²) < 4.78 is 5.22. The molecule has 18 heavy (non-hydrogen) atoms. The molecule has 0 spiro atoms. The Kier molecular flexibility index (Phi) is 3.07. The molecule has 0 bridgehead atoms. The summed E-state index contributed by atoms with van der Waals surface area (Å²) in [6.45, 7) is 2.42. The first kappa shape index (κ1) is 11.7. The molecule has 1 aromatic heterocycles. The summed E-state index contributed by atoms with van der Waals surface area (Å²) in [4.78, 5) is 3.25. The smallest absolute Gasteiger partial charge is 0.102 e. The van der Waals surface area contributed by atoms with Crippen LogP contribution in [0.25, 0.3) is 10.9 Å². The van der Waals surface area contributed by atoms with Gasteiger partial charge < -0.3 is 20.1 Å². The molecule has 0 saturated carbocycles. The molecule has 0 radical (unpaired) electrons. The zero-order chi connectivity index (χ0) is 12.4. The van der Waals surface area contributed by atoms with E-state index in [1.807, 2.05) is 6.20 Å². The Labute approximate surface area is 106 Å². The number of hydrogen-bond acceptors (Lipinski definition) is 3. The van der Waals surface area contributed by atoms with Gasteiger partial charge in [0.15, 0.2) is 0 Å². The highest BCUT2D eigenvalue weighted by Gasteiger charge is 2.31. The van der Waals surface area contributed by atoms with Crippen LogP contribution in [0.5, 0.6) is 0 Å². The molecule has 3 N–H and O–H groups in total. The number of aromatic amines is 1. The number of hydrogen-bond donors (Lipinski definition) is 3. The Morgan fingerprint density at radius 2 is 2.33 bits per heavy atom. The molecule has 3 rings (SSSR count). The van der Waals surface area contributed by atoms with Crippen LogP contribution in [0.3, 0.4) is 0 Å². The molecule has 0 aliphatic carbocycles. The van der Waals surface area contributed by atoms with Crippen LogP contribution in [0.15, 0.2) is 30.5 Å². The van der Waals surface area contributed by atoms with Crippen molar-refractivity contribution in [2.45, 2.75) is 18.6 Å². The van der Waals surface area contributed by atoms with Crippen molar-refractivity contribution in [3.05, 3.63) is 36.0 Å². The minimum Gasteiger partial charge on any atom is -0.386 e. The molecular weight excluding hydrogens is 228 g/mol. The maximum absolute atomic E-state index is 10.1. The van der Waals surface area contributed by atoms with E-state index in [1.165, 1.54) is 16.5 Å². The van der Waals surface area contributed by atoms with E-state index in [-0.39, 0.29) is 0 Å². The van der Waals surface area contributed by atoms with Gasteiger partial charge >= 0.3 is 0 Å². The van der Waals surface area contributed by atoms with Crippen LogP contribution in [0.2, 0.25) is 0 Å². The van der Waals surface area contributed by atoms with E-state index in [9.17, 15) is 5.11 Å². The lowest BCUT2D eigenvalue weighted by molar-refractivity contribution is 0.0269. The fourth-order valence-corrected chi connectivity index (χ4v) is 2.46. The highest BCUT2D eigenvalue weighted by molar-refractivity contribution is 5.82. The van der Waals surface area contributed by atoms with Crippen molar-refractivity contribution in [1.29, 1.82) is 0 Å². The lowest BCUT2D eigenvalue weighted by Gasteiger charge is -2.20. The summed E-state index contributed by atoms with van der Waals surface area (Å²) in [6.07, 6.45) is 2.67. The molecule has 4 heteroatoms. The molecule has 2 heterocycles. The number of aliphatic hydroxyl groups is 1. The quantitative estimate of drug-likeness (QED) is 0.764. The van der Waals surface area contributed by atoms with Gasteiger partial charge in [-0.25, -0.2) is 0 Å². The van der Waals surface area contributed by atoms with E-state index in [4.69, 9.17) is 4.74 Å². The second-order valence-corrected chi connectivity index (χ2v) is 4.99. The number of rotatable bonds is 4. The van der Waals surface area contributed by atoms with Crippen molar-refractivity contribution in [2.24, 2.45) is 0 Å². The SMILES string of the molecule is OC1(CNCc2cccc3cc[nH]c23)CCOC1. The molecule has 2 aromatic rings. The lowest BCUT2D eigenvalue weighted by atomic mass is 10.0. The summed E-state index contributed by atoms with van der Waals surface area (Å²) in [5.74, 6) is 0. The van der Waals surface area contributed by atoms with Gasteiger partial charge in [0.05, 0.1) is 6.61 Å². The average molecular weight is 246 g/mol. The van der Waals surface area contributed by atoms with Crippen LogP contribution in [-0.4, -0.2) is 35.5 Å². The zero-order valence-corrected chi connectivity index (χ0v) is 10.3. The Bertz CT molecular complexity index is 529. The monoisotopic (exact) mass is 246 g/mol. The van der Waals surface area contributed by atoms with Gasteiger partial charge in [-0.05, 0) is 17.0 Å². The third-order valence-corrected chi connectivity index (χ3v) is 3.53. The van der Waals surface area contributed by atoms with E-state index >= 15 is 0 Å². The van der Waals surface area contributed by atoms with Gasteiger partial charge in [0, 0.05) is 37.8 Å². The Balaban J connectivity index is 1.64. The molecule has 1 aliphatic rings. The van der Waals surface area contributed by atoms with Crippen LogP contribution >= 0.6 is 0 Å². The lowest BCUT2D eigenvalue weighted by Crippen LogP contribution is -2.40. The van der Waals surface area contributed by atoms with Crippen molar-refractivity contribution in [2.75, 3.05) is 19.8 Å². The Hall–Kier alpha value is -1.36. The highest BCUT2D eigenvalue weighted by Crippen LogP contribution is 2.19. The molecule has 96 valence electrons. The molecule has 1 fully saturated rings. The predicted molar refractivity (Wildman–Crippen MR) is 70.4 cm³/mol.